The minimum atomic E-state index is -3.63. The van der Waals surface area contributed by atoms with E-state index >= 15 is 0 Å². The van der Waals surface area contributed by atoms with Gasteiger partial charge in [-0.1, -0.05) is 12.1 Å². The summed E-state index contributed by atoms with van der Waals surface area (Å²) >= 11 is 1.60. The van der Waals surface area contributed by atoms with Crippen molar-refractivity contribution < 1.29 is 13.2 Å². The highest BCUT2D eigenvalue weighted by Crippen LogP contribution is 2.23. The number of hydrogen-bond donors (Lipinski definition) is 2. The van der Waals surface area contributed by atoms with Crippen LogP contribution in [0, 0.1) is 0 Å². The van der Waals surface area contributed by atoms with Gasteiger partial charge in [-0.2, -0.15) is 11.8 Å². The number of carbonyl (C=O) groups is 1. The first-order valence-electron chi connectivity index (χ1n) is 7.91. The molecule has 3 rings (SSSR count). The number of sulfonamides is 1. The first-order chi connectivity index (χ1) is 12.5. The van der Waals surface area contributed by atoms with Crippen molar-refractivity contribution in [2.24, 2.45) is 4.99 Å². The van der Waals surface area contributed by atoms with E-state index in [9.17, 15) is 13.2 Å². The van der Waals surface area contributed by atoms with E-state index in [2.05, 4.69) is 20.0 Å². The van der Waals surface area contributed by atoms with Gasteiger partial charge >= 0.3 is 0 Å². The largest absolute Gasteiger partial charge is 0.324 e. The average Bonchev–Trinajstić information content (AvgIpc) is 2.90. The number of nitrogens with zero attached hydrogens (tertiary/aromatic N) is 2. The Morgan fingerprint density at radius 3 is 2.73 bits per heavy atom. The molecule has 0 radical (unpaired) electrons. The number of benzene rings is 1. The number of rotatable bonds is 6. The summed E-state index contributed by atoms with van der Waals surface area (Å²) in [4.78, 5) is 21.2. The van der Waals surface area contributed by atoms with Crippen LogP contribution in [-0.2, 0) is 14.8 Å². The molecule has 0 bridgehead atoms. The number of aromatic nitrogens is 1. The number of amidine groups is 1. The lowest BCUT2D eigenvalue weighted by atomic mass is 10.1. The molecule has 1 unspecified atom stereocenters. The van der Waals surface area contributed by atoms with Gasteiger partial charge in [0.2, 0.25) is 5.91 Å². The summed E-state index contributed by atoms with van der Waals surface area (Å²) in [7, 11) is -3.63. The Hall–Kier alpha value is -2.39. The molecule has 0 spiro atoms. The zero-order valence-electron chi connectivity index (χ0n) is 14.0. The zero-order chi connectivity index (χ0) is 18.6. The second-order valence-corrected chi connectivity index (χ2v) is 8.24. The molecule has 1 aromatic carbocycles. The number of anilines is 1. The number of aliphatic imine (C=N–C) groups is 1. The molecule has 1 amide bonds. The first kappa shape index (κ1) is 18.4. The Kier molecular flexibility index (Phi) is 5.58. The number of amides is 1. The molecule has 1 aliphatic heterocycles. The fourth-order valence-corrected chi connectivity index (χ4v) is 4.23. The van der Waals surface area contributed by atoms with Crippen molar-refractivity contribution in [3.63, 3.8) is 0 Å². The second-order valence-electron chi connectivity index (χ2n) is 5.60. The van der Waals surface area contributed by atoms with E-state index in [1.54, 1.807) is 54.5 Å². The number of thioether (sulfide) groups is 1. The predicted molar refractivity (Wildman–Crippen MR) is 103 cm³/mol. The molecule has 0 fully saturated rings. The molecular formula is C17H18N4O3S2. The van der Waals surface area contributed by atoms with Gasteiger partial charge < -0.3 is 5.32 Å². The average molecular weight is 390 g/mol. The normalized spacial score (nSPS) is 17.3. The van der Waals surface area contributed by atoms with Crippen molar-refractivity contribution in [1.29, 1.82) is 0 Å². The van der Waals surface area contributed by atoms with E-state index < -0.39 is 16.1 Å². The van der Waals surface area contributed by atoms with E-state index in [1.807, 2.05) is 6.26 Å². The van der Waals surface area contributed by atoms with Crippen LogP contribution in [0.15, 0.2) is 58.7 Å². The molecule has 0 aliphatic carbocycles. The fourth-order valence-electron chi connectivity index (χ4n) is 2.53. The summed E-state index contributed by atoms with van der Waals surface area (Å²) in [5, 5.41) is 2.80. The van der Waals surface area contributed by atoms with Crippen molar-refractivity contribution in [3.8, 4) is 0 Å². The summed E-state index contributed by atoms with van der Waals surface area (Å²) in [6.45, 7) is 0. The zero-order valence-corrected chi connectivity index (χ0v) is 15.7. The fraction of sp³-hybridized carbons (Fsp3) is 0.235. The topological polar surface area (TPSA) is 101 Å². The molecule has 26 heavy (non-hydrogen) atoms. The Bertz CT molecular complexity index is 930. The van der Waals surface area contributed by atoms with E-state index in [0.29, 0.717) is 17.7 Å². The molecule has 0 saturated carbocycles. The van der Waals surface area contributed by atoms with Gasteiger partial charge in [0.05, 0.1) is 4.90 Å². The van der Waals surface area contributed by atoms with Crippen LogP contribution in [0.3, 0.4) is 0 Å². The summed E-state index contributed by atoms with van der Waals surface area (Å²) in [6, 6.07) is 9.26. The maximum atomic E-state index is 12.7. The number of carbonyl (C=O) groups excluding carboxylic acids is 1. The third-order valence-corrected chi connectivity index (χ3v) is 5.83. The molecule has 9 heteroatoms. The van der Waals surface area contributed by atoms with Gasteiger partial charge in [0.15, 0.2) is 0 Å². The van der Waals surface area contributed by atoms with Crippen LogP contribution in [0.25, 0.3) is 0 Å². The molecule has 2 heterocycles. The maximum Gasteiger partial charge on any atom is 0.263 e. The molecular weight excluding hydrogens is 372 g/mol. The van der Waals surface area contributed by atoms with Crippen LogP contribution in [0.2, 0.25) is 0 Å². The van der Waals surface area contributed by atoms with Gasteiger partial charge in [0, 0.05) is 23.6 Å². The molecule has 2 aromatic rings. The first-order valence-corrected chi connectivity index (χ1v) is 10.8. The van der Waals surface area contributed by atoms with Gasteiger partial charge in [0.25, 0.3) is 10.0 Å². The van der Waals surface area contributed by atoms with E-state index in [0.717, 1.165) is 5.75 Å². The van der Waals surface area contributed by atoms with Crippen LogP contribution >= 0.6 is 11.8 Å². The summed E-state index contributed by atoms with van der Waals surface area (Å²) in [5.41, 5.74) is 1.10. The lowest BCUT2D eigenvalue weighted by Crippen LogP contribution is -2.31. The minimum Gasteiger partial charge on any atom is -0.324 e. The molecule has 1 aliphatic rings. The van der Waals surface area contributed by atoms with Crippen molar-refractivity contribution in [1.82, 2.24) is 9.71 Å². The number of nitrogens with one attached hydrogen (secondary N) is 2. The summed E-state index contributed by atoms with van der Waals surface area (Å²) in [5.74, 6) is 0.637. The van der Waals surface area contributed by atoms with Crippen LogP contribution in [0.1, 0.15) is 12.0 Å². The van der Waals surface area contributed by atoms with Gasteiger partial charge in [-0.3, -0.25) is 19.5 Å². The second kappa shape index (κ2) is 7.88. The van der Waals surface area contributed by atoms with Gasteiger partial charge in [-0.05, 0) is 42.7 Å². The number of pyridine rings is 1. The van der Waals surface area contributed by atoms with Crippen molar-refractivity contribution in [2.45, 2.75) is 17.4 Å². The molecule has 136 valence electrons. The number of hydrogen-bond acceptors (Lipinski definition) is 6. The third kappa shape index (κ3) is 4.05. The minimum absolute atomic E-state index is 0.178. The van der Waals surface area contributed by atoms with E-state index in [1.165, 1.54) is 6.07 Å². The molecule has 0 saturated heterocycles. The highest BCUT2D eigenvalue weighted by atomic mass is 32.2. The summed E-state index contributed by atoms with van der Waals surface area (Å²) in [6.07, 6.45) is 5.60. The van der Waals surface area contributed by atoms with Gasteiger partial charge in [0.1, 0.15) is 11.9 Å². The highest BCUT2D eigenvalue weighted by Gasteiger charge is 2.31. The van der Waals surface area contributed by atoms with Crippen molar-refractivity contribution in [2.75, 3.05) is 17.3 Å². The van der Waals surface area contributed by atoms with E-state index in [-0.39, 0.29) is 16.6 Å². The molecule has 1 aromatic heterocycles. The van der Waals surface area contributed by atoms with Gasteiger partial charge in [-0.15, -0.1) is 0 Å². The Labute approximate surface area is 156 Å². The standard InChI is InChI=1S/C17H18N4O3S2/c1-25-11-8-14(17(22)19-12-6-9-18-10-7-12)20-16-13-4-2-3-5-15(13)26(23,24)21-16/h2-7,9-10,14H,8,11H2,1H3,(H,20,21)(H,18,19,22). The maximum absolute atomic E-state index is 12.7. The van der Waals surface area contributed by atoms with Crippen molar-refractivity contribution >= 4 is 39.2 Å². The molecule has 2 N–H and O–H groups in total. The Balaban J connectivity index is 1.89. The Morgan fingerprint density at radius 1 is 1.27 bits per heavy atom. The van der Waals surface area contributed by atoms with Crippen LogP contribution in [0.4, 0.5) is 5.69 Å². The van der Waals surface area contributed by atoms with Crippen LogP contribution in [0.5, 0.6) is 0 Å². The smallest absolute Gasteiger partial charge is 0.263 e. The monoisotopic (exact) mass is 390 g/mol. The van der Waals surface area contributed by atoms with Crippen molar-refractivity contribution in [3.05, 3.63) is 54.4 Å². The highest BCUT2D eigenvalue weighted by molar-refractivity contribution is 7.98. The van der Waals surface area contributed by atoms with Crippen LogP contribution in [-0.4, -0.2) is 43.2 Å². The van der Waals surface area contributed by atoms with E-state index in [4.69, 9.17) is 0 Å². The quantitative estimate of drug-likeness (QED) is 0.784. The third-order valence-electron chi connectivity index (χ3n) is 3.79. The van der Waals surface area contributed by atoms with Crippen LogP contribution < -0.4 is 10.0 Å². The van der Waals surface area contributed by atoms with Gasteiger partial charge in [-0.25, -0.2) is 8.42 Å². The Morgan fingerprint density at radius 2 is 2.00 bits per heavy atom. The predicted octanol–water partition coefficient (Wildman–Crippen LogP) is 1.88. The SMILES string of the molecule is CSCCC(N=C1NS(=O)(=O)c2ccccc21)C(=O)Nc1ccncc1. The molecule has 7 nitrogen and oxygen atoms in total. The molecule has 1 atom stereocenters. The number of fused-ring (bicyclic) bond motifs is 1. The lowest BCUT2D eigenvalue weighted by Gasteiger charge is -2.13. The lowest BCUT2D eigenvalue weighted by molar-refractivity contribution is -0.117. The summed E-state index contributed by atoms with van der Waals surface area (Å²) < 4.78 is 26.9.